The van der Waals surface area contributed by atoms with Gasteiger partial charge in [0.1, 0.15) is 6.67 Å². The Balaban J connectivity index is 1.48. The maximum atomic E-state index is 13.3. The van der Waals surface area contributed by atoms with Gasteiger partial charge in [-0.05, 0) is 44.4 Å². The highest BCUT2D eigenvalue weighted by molar-refractivity contribution is 6.20. The van der Waals surface area contributed by atoms with E-state index in [-0.39, 0.29) is 30.3 Å². The molecule has 3 aliphatic heterocycles. The van der Waals surface area contributed by atoms with Crippen molar-refractivity contribution in [3.8, 4) is 0 Å². The average molecular weight is 423 g/mol. The highest BCUT2D eigenvalue weighted by Crippen LogP contribution is 2.37. The van der Waals surface area contributed by atoms with E-state index >= 15 is 0 Å². The van der Waals surface area contributed by atoms with Crippen molar-refractivity contribution in [2.24, 2.45) is 16.8 Å². The van der Waals surface area contributed by atoms with Crippen LogP contribution in [-0.2, 0) is 4.79 Å². The molecule has 8 nitrogen and oxygen atoms in total. The Morgan fingerprint density at radius 2 is 2.03 bits per heavy atom. The fraction of sp³-hybridized carbons (Fsp3) is 0.650. The molecule has 0 radical (unpaired) electrons. The Morgan fingerprint density at radius 3 is 2.72 bits per heavy atom. The first-order valence-corrected chi connectivity index (χ1v) is 10.8. The van der Waals surface area contributed by atoms with E-state index in [0.717, 1.165) is 37.8 Å². The molecule has 1 saturated carbocycles. The lowest BCUT2D eigenvalue weighted by atomic mass is 9.81. The summed E-state index contributed by atoms with van der Waals surface area (Å²) in [6, 6.07) is 0. The van der Waals surface area contributed by atoms with Crippen molar-refractivity contribution >= 4 is 29.7 Å². The van der Waals surface area contributed by atoms with E-state index in [1.165, 1.54) is 0 Å². The van der Waals surface area contributed by atoms with Crippen LogP contribution in [0.4, 0.5) is 4.79 Å². The van der Waals surface area contributed by atoms with Gasteiger partial charge >= 0.3 is 6.09 Å². The molecular weight excluding hydrogens is 396 g/mol. The summed E-state index contributed by atoms with van der Waals surface area (Å²) >= 11 is 6.18. The standard InChI is InChI=1S/C20H27ClN4O4/c21-16-5-2-14(3-6-16)1-4-15-7-10-25(29,20(27)28)19(18(15)26)24-12-17-11-22-8-9-23(17)13-24/h8-9,11-12,14-16,19H,1-7,10,13H2,(H,27,28)/t14?,15?,16?,19?,25-/m0/s1. The number of fused-ring (bicyclic) bond motifs is 1. The molecule has 3 heterocycles. The van der Waals surface area contributed by atoms with Gasteiger partial charge in [-0.3, -0.25) is 9.79 Å². The number of hydrogen-bond acceptors (Lipinski definition) is 6. The minimum absolute atomic E-state index is 0.0889. The van der Waals surface area contributed by atoms with Gasteiger partial charge in [0.25, 0.3) is 0 Å². The monoisotopic (exact) mass is 422 g/mol. The normalized spacial score (nSPS) is 36.9. The third-order valence-corrected chi connectivity index (χ3v) is 7.12. The van der Waals surface area contributed by atoms with Crippen LogP contribution in [0.2, 0.25) is 0 Å². The summed E-state index contributed by atoms with van der Waals surface area (Å²) in [5.41, 5.74) is 0.747. The summed E-state index contributed by atoms with van der Waals surface area (Å²) in [6.07, 6.45) is 10.1. The maximum absolute atomic E-state index is 13.3. The molecule has 0 aromatic heterocycles. The van der Waals surface area contributed by atoms with Gasteiger partial charge in [0.2, 0.25) is 11.9 Å². The van der Waals surface area contributed by atoms with Gasteiger partial charge in [-0.2, -0.15) is 4.79 Å². The second-order valence-corrected chi connectivity index (χ2v) is 9.13. The largest absolute Gasteiger partial charge is 0.621 e. The number of piperidine rings is 1. The Labute approximate surface area is 175 Å². The van der Waals surface area contributed by atoms with Crippen molar-refractivity contribution in [1.29, 1.82) is 0 Å². The number of carbonyl (C=O) groups is 2. The number of Topliss-reactive ketones (excluding diaryl/α,β-unsaturated/α-hetero) is 1. The van der Waals surface area contributed by atoms with Crippen LogP contribution < -0.4 is 0 Å². The zero-order valence-electron chi connectivity index (χ0n) is 16.3. The first kappa shape index (κ1) is 20.4. The van der Waals surface area contributed by atoms with Crippen LogP contribution in [0.15, 0.2) is 29.3 Å². The minimum Gasteiger partial charge on any atom is -0.621 e. The van der Waals surface area contributed by atoms with Crippen molar-refractivity contribution < 1.29 is 19.3 Å². The van der Waals surface area contributed by atoms with Crippen molar-refractivity contribution in [3.63, 3.8) is 0 Å². The summed E-state index contributed by atoms with van der Waals surface area (Å²) in [5.74, 6) is 0.0409. The summed E-state index contributed by atoms with van der Waals surface area (Å²) in [7, 11) is 0. The number of likely N-dealkylation sites (tertiary alicyclic amines) is 1. The Kier molecular flexibility index (Phi) is 5.68. The van der Waals surface area contributed by atoms with Gasteiger partial charge < -0.3 is 20.1 Å². The summed E-state index contributed by atoms with van der Waals surface area (Å²) < 4.78 is -1.54. The molecular formula is C20H27ClN4O4. The van der Waals surface area contributed by atoms with Gasteiger partial charge in [-0.1, -0.05) is 0 Å². The van der Waals surface area contributed by atoms with E-state index in [1.54, 1.807) is 29.7 Å². The topological polar surface area (TPSA) is 96.3 Å². The molecule has 2 unspecified atom stereocenters. The molecule has 158 valence electrons. The van der Waals surface area contributed by atoms with Gasteiger partial charge in [-0.25, -0.2) is 4.65 Å². The Bertz CT molecular complexity index is 762. The zero-order valence-corrected chi connectivity index (χ0v) is 17.1. The molecule has 4 rings (SSSR count). The Morgan fingerprint density at radius 1 is 1.28 bits per heavy atom. The number of ketones is 1. The average Bonchev–Trinajstić information content (AvgIpc) is 3.12. The van der Waals surface area contributed by atoms with Crippen LogP contribution in [0.25, 0.3) is 0 Å². The summed E-state index contributed by atoms with van der Waals surface area (Å²) in [6.45, 7) is 0.185. The number of nitrogens with zero attached hydrogens (tertiary/aromatic N) is 4. The van der Waals surface area contributed by atoms with Crippen molar-refractivity contribution in [1.82, 2.24) is 9.80 Å². The molecule has 0 aromatic rings. The molecule has 29 heavy (non-hydrogen) atoms. The first-order valence-electron chi connectivity index (χ1n) is 10.3. The zero-order chi connectivity index (χ0) is 20.6. The fourth-order valence-corrected chi connectivity index (χ4v) is 5.19. The number of hydrogen-bond donors (Lipinski definition) is 1. The third kappa shape index (κ3) is 3.93. The van der Waals surface area contributed by atoms with E-state index < -0.39 is 16.9 Å². The number of allylic oxidation sites excluding steroid dienone is 1. The molecule has 1 amide bonds. The van der Waals surface area contributed by atoms with E-state index in [1.807, 2.05) is 4.90 Å². The molecule has 1 N–H and O–H groups in total. The van der Waals surface area contributed by atoms with Crippen molar-refractivity contribution in [2.75, 3.05) is 13.2 Å². The van der Waals surface area contributed by atoms with Crippen LogP contribution in [0.1, 0.15) is 44.9 Å². The predicted octanol–water partition coefficient (Wildman–Crippen LogP) is 3.44. The molecule has 9 heteroatoms. The van der Waals surface area contributed by atoms with E-state index in [2.05, 4.69) is 4.99 Å². The van der Waals surface area contributed by atoms with Gasteiger partial charge in [-0.15, -0.1) is 11.6 Å². The van der Waals surface area contributed by atoms with Gasteiger partial charge in [0.15, 0.2) is 0 Å². The summed E-state index contributed by atoms with van der Waals surface area (Å²) in [5, 5.41) is 23.1. The molecule has 0 bridgehead atoms. The maximum Gasteiger partial charge on any atom is 0.515 e. The molecule has 4 aliphatic rings. The lowest BCUT2D eigenvalue weighted by Gasteiger charge is -2.49. The summed E-state index contributed by atoms with van der Waals surface area (Å²) in [4.78, 5) is 32.6. The third-order valence-electron chi connectivity index (χ3n) is 6.68. The van der Waals surface area contributed by atoms with Crippen molar-refractivity contribution in [3.05, 3.63) is 29.5 Å². The number of alkyl halides is 1. The second-order valence-electron chi connectivity index (χ2n) is 8.51. The van der Waals surface area contributed by atoms with Gasteiger partial charge in [0.05, 0.1) is 18.5 Å². The predicted molar refractivity (Wildman–Crippen MR) is 109 cm³/mol. The number of carboxylic acid groups (broad SMARTS) is 1. The minimum atomic E-state index is -1.54. The quantitative estimate of drug-likeness (QED) is 0.423. The number of hydroxylamine groups is 3. The van der Waals surface area contributed by atoms with E-state index in [0.29, 0.717) is 18.8 Å². The Hall–Kier alpha value is -1.90. The molecule has 0 spiro atoms. The molecule has 0 aromatic carbocycles. The van der Waals surface area contributed by atoms with Gasteiger partial charge in [0, 0.05) is 36.3 Å². The van der Waals surface area contributed by atoms with E-state index in [4.69, 9.17) is 11.6 Å². The number of aliphatic imine (C=N–C) groups is 1. The van der Waals surface area contributed by atoms with Crippen LogP contribution in [0.3, 0.4) is 0 Å². The smallest absolute Gasteiger partial charge is 0.515 e. The SMILES string of the molecule is O=C1C(CCC2CCC(Cl)CC2)CC[N@@+]([O-])(C(=O)O)C1N1C=C2C=NC=CN2C1. The second kappa shape index (κ2) is 8.08. The first-order chi connectivity index (χ1) is 13.9. The number of amides is 1. The lowest BCUT2D eigenvalue weighted by molar-refractivity contribution is -0.840. The van der Waals surface area contributed by atoms with Crippen LogP contribution in [0, 0.1) is 17.0 Å². The fourth-order valence-electron chi connectivity index (χ4n) is 4.94. The number of quaternary nitrogens is 1. The molecule has 1 saturated heterocycles. The van der Waals surface area contributed by atoms with Crippen molar-refractivity contribution in [2.45, 2.75) is 56.5 Å². The number of halogens is 1. The van der Waals surface area contributed by atoms with Crippen LogP contribution in [-0.4, -0.2) is 62.4 Å². The number of rotatable bonds is 4. The molecule has 2 fully saturated rings. The highest BCUT2D eigenvalue weighted by atomic mass is 35.5. The number of carbonyl (C=O) groups excluding carboxylic acids is 1. The van der Waals surface area contributed by atoms with Crippen LogP contribution >= 0.6 is 11.6 Å². The molecule has 1 aliphatic carbocycles. The van der Waals surface area contributed by atoms with E-state index in [9.17, 15) is 19.9 Å². The highest BCUT2D eigenvalue weighted by Gasteiger charge is 2.52. The van der Waals surface area contributed by atoms with Crippen LogP contribution in [0.5, 0.6) is 0 Å². The lowest BCUT2D eigenvalue weighted by Crippen LogP contribution is -2.68. The molecule has 3 atom stereocenters.